The van der Waals surface area contributed by atoms with Crippen molar-refractivity contribution >= 4 is 51.2 Å². The molecule has 0 spiro atoms. The van der Waals surface area contributed by atoms with Gasteiger partial charge in [0, 0.05) is 87.9 Å². The van der Waals surface area contributed by atoms with Crippen LogP contribution in [-0.2, 0) is 35.2 Å². The lowest BCUT2D eigenvalue weighted by Gasteiger charge is -2.45. The lowest BCUT2D eigenvalue weighted by Crippen LogP contribution is -2.57. The Balaban J connectivity index is 0.000000237. The maximum absolute atomic E-state index is 15.0. The van der Waals surface area contributed by atoms with Crippen molar-refractivity contribution in [2.45, 2.75) is 87.7 Å². The highest BCUT2D eigenvalue weighted by molar-refractivity contribution is 7.93. The van der Waals surface area contributed by atoms with Crippen molar-refractivity contribution in [1.82, 2.24) is 29.8 Å². The summed E-state index contributed by atoms with van der Waals surface area (Å²) in [6.45, 7) is 17.4. The zero-order valence-electron chi connectivity index (χ0n) is 48.1. The van der Waals surface area contributed by atoms with E-state index >= 15 is 4.39 Å². The average Bonchev–Trinajstić information content (AvgIpc) is 4.19. The molecule has 21 heteroatoms. The van der Waals surface area contributed by atoms with Crippen molar-refractivity contribution in [3.05, 3.63) is 167 Å². The number of hydrogen-bond donors (Lipinski definition) is 2. The summed E-state index contributed by atoms with van der Waals surface area (Å²) < 4.78 is 108. The third-order valence-electron chi connectivity index (χ3n) is 16.4. The quantitative estimate of drug-likeness (QED) is 0.0920. The number of halogens is 4. The van der Waals surface area contributed by atoms with E-state index in [1.807, 2.05) is 54.4 Å². The number of urea groups is 2. The van der Waals surface area contributed by atoms with Gasteiger partial charge < -0.3 is 39.3 Å². The van der Waals surface area contributed by atoms with E-state index in [1.165, 1.54) is 17.2 Å². The number of nitrogens with zero attached hydrogens (tertiary/aromatic N) is 5. The molecule has 2 unspecified atom stereocenters. The van der Waals surface area contributed by atoms with Crippen molar-refractivity contribution in [3.63, 3.8) is 0 Å². The van der Waals surface area contributed by atoms with E-state index < -0.39 is 68.9 Å². The molecule has 4 aromatic carbocycles. The van der Waals surface area contributed by atoms with Gasteiger partial charge in [0.15, 0.2) is 18.2 Å². The summed E-state index contributed by atoms with van der Waals surface area (Å²) in [4.78, 5) is 37.1. The van der Waals surface area contributed by atoms with Gasteiger partial charge in [0.05, 0.1) is 19.0 Å². The first kappa shape index (κ1) is 64.5. The molecule has 4 heterocycles. The summed E-state index contributed by atoms with van der Waals surface area (Å²) in [7, 11) is -4.60. The van der Waals surface area contributed by atoms with Gasteiger partial charge in [-0.3, -0.25) is 0 Å². The Morgan fingerprint density at radius 1 is 0.728 bits per heavy atom. The number of benzene rings is 4. The lowest BCUT2D eigenvalue weighted by molar-refractivity contribution is 0.0689. The van der Waals surface area contributed by atoms with Gasteiger partial charge in [0.1, 0.15) is 44.2 Å². The number of nitrogens with one attached hydrogen (secondary N) is 1. The molecular formula is C60H80F4N6O8S2Si. The number of hydrogen-bond acceptors (Lipinski definition) is 10. The van der Waals surface area contributed by atoms with E-state index in [4.69, 9.17) is 4.43 Å². The van der Waals surface area contributed by atoms with Crippen LogP contribution in [0.1, 0.15) is 68.7 Å². The Bertz CT molecular complexity index is 3130. The normalized spacial score (nSPS) is 20.3. The van der Waals surface area contributed by atoms with Crippen LogP contribution in [-0.4, -0.2) is 170 Å². The second kappa shape index (κ2) is 26.7. The average molecular weight is 1180 g/mol. The molecule has 0 aromatic heterocycles. The molecule has 4 aliphatic rings. The van der Waals surface area contributed by atoms with Crippen LogP contribution in [0, 0.1) is 23.3 Å². The summed E-state index contributed by atoms with van der Waals surface area (Å²) in [5, 5.41) is 14.9. The van der Waals surface area contributed by atoms with E-state index in [9.17, 15) is 44.7 Å². The molecule has 0 radical (unpaired) electrons. The molecule has 442 valence electrons. The van der Waals surface area contributed by atoms with Gasteiger partial charge in [-0.05, 0) is 128 Å². The molecule has 0 saturated carbocycles. The van der Waals surface area contributed by atoms with E-state index in [0.717, 1.165) is 73.5 Å². The zero-order chi connectivity index (χ0) is 59.7. The lowest BCUT2D eigenvalue weighted by atomic mass is 9.89. The summed E-state index contributed by atoms with van der Waals surface area (Å²) in [5.74, 6) is -2.11. The van der Waals surface area contributed by atoms with Crippen LogP contribution in [0.4, 0.5) is 27.2 Å². The Morgan fingerprint density at radius 3 is 1.57 bits per heavy atom. The topological polar surface area (TPSA) is 160 Å². The summed E-state index contributed by atoms with van der Waals surface area (Å²) in [5.41, 5.74) is 0.589. The SMILES string of the molecule is C=CS(C)(=O)=O.CN(C(=O)N1CC(c2cc(F)ccc2F)=CC1(CO)c1ccccc1)C1CCN(CCS(C)(=O)=O)CC1.CN(C(=O)N1CC(c2cc(F)ccc2F)=CC1(CO[Si](C)(C)C(C)(C)C)c1ccccc1)C1CCNCC1. The molecule has 2 N–H and O–H groups in total. The van der Waals surface area contributed by atoms with Crippen molar-refractivity contribution in [3.8, 4) is 0 Å². The maximum atomic E-state index is 15.0. The number of aliphatic hydroxyl groups excluding tert-OH is 1. The van der Waals surface area contributed by atoms with E-state index in [-0.39, 0.29) is 65.8 Å². The minimum atomic E-state index is -3.05. The second-order valence-corrected chi connectivity index (χ2v) is 32.1. The van der Waals surface area contributed by atoms with Crippen LogP contribution in [0.15, 0.2) is 121 Å². The fourth-order valence-electron chi connectivity index (χ4n) is 10.3. The van der Waals surface area contributed by atoms with Crippen LogP contribution in [0.3, 0.4) is 0 Å². The Labute approximate surface area is 478 Å². The smallest absolute Gasteiger partial charge is 0.321 e. The maximum Gasteiger partial charge on any atom is 0.321 e. The molecule has 2 atom stereocenters. The van der Waals surface area contributed by atoms with E-state index in [1.54, 1.807) is 47.2 Å². The number of carbonyl (C=O) groups is 2. The van der Waals surface area contributed by atoms with Crippen molar-refractivity contribution in [2.75, 3.05) is 91.4 Å². The van der Waals surface area contributed by atoms with Crippen LogP contribution < -0.4 is 5.32 Å². The molecule has 4 aliphatic heterocycles. The number of likely N-dealkylation sites (tertiary alicyclic amines) is 1. The fourth-order valence-corrected chi connectivity index (χ4v) is 11.9. The first-order chi connectivity index (χ1) is 38.0. The van der Waals surface area contributed by atoms with Gasteiger partial charge in [-0.15, -0.1) is 0 Å². The first-order valence-electron chi connectivity index (χ1n) is 27.2. The zero-order valence-corrected chi connectivity index (χ0v) is 50.7. The minimum absolute atomic E-state index is 0.00616. The number of aliphatic hydroxyl groups is 1. The van der Waals surface area contributed by atoms with Gasteiger partial charge >= 0.3 is 12.1 Å². The first-order valence-corrected chi connectivity index (χ1v) is 34.1. The van der Waals surface area contributed by atoms with E-state index in [2.05, 4.69) is 50.7 Å². The third kappa shape index (κ3) is 15.9. The second-order valence-electron chi connectivity index (χ2n) is 23.0. The standard InChI is InChI=1S/C30H41F2N3O2Si.C27H33F2N3O4S.C3H6O2S/c1-29(2,3)38(5,6)37-21-30(23-10-8-7-9-11-23)19-22(26-18-24(31)12-13-27(26)32)20-35(30)28(36)34(4)25-14-16-33-17-15-25;1-30(23-10-12-31(13-11-23)14-15-37(2,35)36)26(34)32-18-20(24-16-22(28)8-9-25(24)29)17-27(32,19-33)21-6-4-3-5-7-21;1-3-6(2,4)5/h7-13,18-19,25,33H,14-17,20-21H2,1-6H3;3-9,16-17,23,33H,10-15,18-19H2,1-2H3;3H,1H2,2H3. The highest BCUT2D eigenvalue weighted by Gasteiger charge is 2.50. The molecule has 4 aromatic rings. The molecule has 8 rings (SSSR count). The summed E-state index contributed by atoms with van der Waals surface area (Å²) >= 11 is 0. The van der Waals surface area contributed by atoms with Crippen LogP contribution in [0.25, 0.3) is 11.1 Å². The van der Waals surface area contributed by atoms with Crippen molar-refractivity contribution < 1.29 is 53.5 Å². The summed E-state index contributed by atoms with van der Waals surface area (Å²) in [6.07, 6.45) is 9.01. The summed E-state index contributed by atoms with van der Waals surface area (Å²) in [6, 6.07) is 25.1. The molecule has 4 amide bonds. The molecular weight excluding hydrogens is 1100 g/mol. The Kier molecular flexibility index (Phi) is 21.3. The molecule has 2 saturated heterocycles. The number of carbonyl (C=O) groups excluding carboxylic acids is 2. The molecule has 14 nitrogen and oxygen atoms in total. The Morgan fingerprint density at radius 2 is 1.15 bits per heavy atom. The Hall–Kier alpha value is -5.68. The molecule has 0 aliphatic carbocycles. The van der Waals surface area contributed by atoms with Crippen molar-refractivity contribution in [2.24, 2.45) is 0 Å². The van der Waals surface area contributed by atoms with Crippen molar-refractivity contribution in [1.29, 1.82) is 0 Å². The number of piperidine rings is 2. The van der Waals surface area contributed by atoms with Gasteiger partial charge in [0.2, 0.25) is 0 Å². The number of amides is 4. The van der Waals surface area contributed by atoms with E-state index in [0.29, 0.717) is 49.2 Å². The highest BCUT2D eigenvalue weighted by Crippen LogP contribution is 2.46. The van der Waals surface area contributed by atoms with Gasteiger partial charge in [-0.25, -0.2) is 44.0 Å². The minimum Gasteiger partial charge on any atom is -0.414 e. The number of sulfone groups is 2. The predicted octanol–water partition coefficient (Wildman–Crippen LogP) is 9.67. The van der Waals surface area contributed by atoms with Gasteiger partial charge in [-0.2, -0.15) is 0 Å². The molecule has 81 heavy (non-hydrogen) atoms. The third-order valence-corrected chi connectivity index (χ3v) is 22.4. The van der Waals surface area contributed by atoms with Gasteiger partial charge in [0.25, 0.3) is 0 Å². The molecule has 0 bridgehead atoms. The monoisotopic (exact) mass is 1180 g/mol. The highest BCUT2D eigenvalue weighted by atomic mass is 32.2. The van der Waals surface area contributed by atoms with Crippen LogP contribution in [0.2, 0.25) is 18.1 Å². The largest absolute Gasteiger partial charge is 0.414 e. The number of rotatable bonds is 14. The molecule has 2 fully saturated rings. The fraction of sp³-hybridized carbons (Fsp3) is 0.467. The van der Waals surface area contributed by atoms with Crippen LogP contribution >= 0.6 is 0 Å². The van der Waals surface area contributed by atoms with Gasteiger partial charge in [-0.1, -0.05) is 88.0 Å². The van der Waals surface area contributed by atoms with Crippen LogP contribution in [0.5, 0.6) is 0 Å². The predicted molar refractivity (Wildman–Crippen MR) is 315 cm³/mol.